The number of carbonyl (C=O) groups is 4. The molecule has 1 saturated carbocycles. The lowest BCUT2D eigenvalue weighted by molar-refractivity contribution is -0.187. The van der Waals surface area contributed by atoms with Crippen molar-refractivity contribution in [1.82, 2.24) is 0 Å². The number of rotatable bonds is 10. The van der Waals surface area contributed by atoms with Crippen LogP contribution < -0.4 is 0 Å². The third-order valence-corrected chi connectivity index (χ3v) is 9.17. The molecule has 2 aliphatic carbocycles. The van der Waals surface area contributed by atoms with Gasteiger partial charge in [0.1, 0.15) is 11.2 Å². The summed E-state index contributed by atoms with van der Waals surface area (Å²) in [6, 6.07) is 0. The number of fused-ring (bicyclic) bond motifs is 3. The highest BCUT2D eigenvalue weighted by Gasteiger charge is 2.73. The Kier molecular flexibility index (Phi) is 9.80. The lowest BCUT2D eigenvalue weighted by atomic mass is 9.71. The van der Waals surface area contributed by atoms with Crippen LogP contribution in [-0.4, -0.2) is 69.2 Å². The second-order valence-electron chi connectivity index (χ2n) is 12.2. The van der Waals surface area contributed by atoms with Crippen molar-refractivity contribution in [3.8, 4) is 0 Å². The zero-order valence-corrected chi connectivity index (χ0v) is 25.6. The quantitative estimate of drug-likeness (QED) is 0.129. The fourth-order valence-electron chi connectivity index (χ4n) is 6.84. The van der Waals surface area contributed by atoms with Crippen LogP contribution in [0.25, 0.3) is 0 Å². The largest absolute Gasteiger partial charge is 0.459 e. The van der Waals surface area contributed by atoms with E-state index >= 15 is 0 Å². The van der Waals surface area contributed by atoms with Gasteiger partial charge in [-0.2, -0.15) is 0 Å². The molecule has 230 valence electrons. The maximum absolute atomic E-state index is 13.2. The molecule has 1 aliphatic heterocycles. The van der Waals surface area contributed by atoms with Crippen LogP contribution in [-0.2, 0) is 38.1 Å². The minimum atomic E-state index is -2.28. The summed E-state index contributed by atoms with van der Waals surface area (Å²) in [7, 11) is 0. The lowest BCUT2D eigenvalue weighted by Crippen LogP contribution is -2.60. The number of ether oxygens (including phenoxy) is 4. The molecule has 0 spiro atoms. The summed E-state index contributed by atoms with van der Waals surface area (Å²) >= 11 is 0. The van der Waals surface area contributed by atoms with Crippen LogP contribution in [0.15, 0.2) is 22.8 Å². The average Bonchev–Trinajstić information content (AvgIpc) is 3.22. The molecule has 1 saturated heterocycles. The van der Waals surface area contributed by atoms with Gasteiger partial charge < -0.3 is 29.2 Å². The van der Waals surface area contributed by atoms with Gasteiger partial charge in [-0.3, -0.25) is 9.59 Å². The van der Waals surface area contributed by atoms with Gasteiger partial charge in [0.05, 0.1) is 5.92 Å². The summed E-state index contributed by atoms with van der Waals surface area (Å²) in [5, 5.41) is 23.3. The van der Waals surface area contributed by atoms with E-state index in [9.17, 15) is 29.4 Å². The van der Waals surface area contributed by atoms with Crippen molar-refractivity contribution in [2.75, 3.05) is 0 Å². The predicted molar refractivity (Wildman–Crippen MR) is 148 cm³/mol. The van der Waals surface area contributed by atoms with Crippen LogP contribution in [0.5, 0.6) is 0 Å². The molecule has 1 heterocycles. The molecule has 10 heteroatoms. The molecule has 0 unspecified atom stereocenters. The van der Waals surface area contributed by atoms with Crippen LogP contribution in [0, 0.1) is 11.8 Å². The first-order chi connectivity index (χ1) is 19.1. The Morgan fingerprint density at radius 1 is 1.07 bits per heavy atom. The van der Waals surface area contributed by atoms with Crippen molar-refractivity contribution in [2.24, 2.45) is 11.8 Å². The van der Waals surface area contributed by atoms with Gasteiger partial charge in [-0.05, 0) is 64.5 Å². The molecular formula is C31H46O10. The molecule has 0 aromatic carbocycles. The summed E-state index contributed by atoms with van der Waals surface area (Å²) in [5.74, 6) is -4.49. The van der Waals surface area contributed by atoms with E-state index < -0.39 is 70.8 Å². The maximum atomic E-state index is 13.2. The Bertz CT molecular complexity index is 1120. The van der Waals surface area contributed by atoms with Crippen molar-refractivity contribution in [2.45, 2.75) is 135 Å². The Morgan fingerprint density at radius 2 is 1.71 bits per heavy atom. The van der Waals surface area contributed by atoms with E-state index in [-0.39, 0.29) is 12.8 Å². The second kappa shape index (κ2) is 12.3. The highest BCUT2D eigenvalue weighted by molar-refractivity contribution is 5.88. The smallest absolute Gasteiger partial charge is 0.341 e. The average molecular weight is 579 g/mol. The molecular weight excluding hydrogens is 532 g/mol. The summed E-state index contributed by atoms with van der Waals surface area (Å²) in [6.45, 7) is 12.8. The summed E-state index contributed by atoms with van der Waals surface area (Å²) in [6.07, 6.45) is 2.75. The van der Waals surface area contributed by atoms with Gasteiger partial charge in [-0.1, -0.05) is 45.6 Å². The monoisotopic (exact) mass is 578 g/mol. The zero-order valence-electron chi connectivity index (χ0n) is 25.6. The second-order valence-corrected chi connectivity index (χ2v) is 12.2. The molecule has 0 aromatic heterocycles. The molecule has 3 rings (SSSR count). The van der Waals surface area contributed by atoms with Crippen LogP contribution in [0.2, 0.25) is 0 Å². The van der Waals surface area contributed by atoms with Gasteiger partial charge in [0, 0.05) is 18.9 Å². The van der Waals surface area contributed by atoms with Crippen LogP contribution in [0.3, 0.4) is 0 Å². The highest BCUT2D eigenvalue weighted by Crippen LogP contribution is 2.58. The number of hydrogen-bond acceptors (Lipinski definition) is 10. The van der Waals surface area contributed by atoms with E-state index in [0.29, 0.717) is 23.1 Å². The first-order valence-electron chi connectivity index (χ1n) is 14.7. The van der Waals surface area contributed by atoms with E-state index in [1.807, 2.05) is 0 Å². The normalized spacial score (nSPS) is 36.7. The molecule has 0 radical (unpaired) electrons. The van der Waals surface area contributed by atoms with Crippen molar-refractivity contribution in [3.05, 3.63) is 22.8 Å². The summed E-state index contributed by atoms with van der Waals surface area (Å²) in [4.78, 5) is 51.5. The summed E-state index contributed by atoms with van der Waals surface area (Å²) < 4.78 is 23.5. The Hall–Kier alpha value is -2.72. The molecule has 3 aliphatic rings. The van der Waals surface area contributed by atoms with Crippen molar-refractivity contribution in [1.29, 1.82) is 0 Å². The minimum absolute atomic E-state index is 0.00651. The van der Waals surface area contributed by atoms with Gasteiger partial charge >= 0.3 is 23.9 Å². The molecule has 0 aromatic rings. The van der Waals surface area contributed by atoms with Gasteiger partial charge in [0.2, 0.25) is 0 Å². The van der Waals surface area contributed by atoms with E-state index in [2.05, 4.69) is 6.92 Å². The predicted octanol–water partition coefficient (Wildman–Crippen LogP) is 3.85. The van der Waals surface area contributed by atoms with E-state index in [4.69, 9.17) is 18.9 Å². The van der Waals surface area contributed by atoms with Gasteiger partial charge in [0.25, 0.3) is 0 Å². The molecule has 0 amide bonds. The van der Waals surface area contributed by atoms with Crippen molar-refractivity contribution >= 4 is 23.9 Å². The fraction of sp³-hybridized carbons (Fsp3) is 0.742. The Balaban J connectivity index is 2.15. The Labute approximate surface area is 242 Å². The van der Waals surface area contributed by atoms with Crippen molar-refractivity contribution in [3.63, 3.8) is 0 Å². The van der Waals surface area contributed by atoms with Crippen LogP contribution in [0.1, 0.15) is 100 Å². The van der Waals surface area contributed by atoms with Gasteiger partial charge in [0.15, 0.2) is 23.9 Å². The Morgan fingerprint density at radius 3 is 2.29 bits per heavy atom. The number of aliphatic hydroxyl groups is 2. The number of allylic oxidation sites excluding steroid dienone is 1. The van der Waals surface area contributed by atoms with E-state index in [1.54, 1.807) is 40.7 Å². The molecule has 8 atom stereocenters. The van der Waals surface area contributed by atoms with E-state index in [1.165, 1.54) is 13.8 Å². The number of carbonyl (C=O) groups excluding carboxylic acids is 4. The van der Waals surface area contributed by atoms with Gasteiger partial charge in [-0.15, -0.1) is 0 Å². The van der Waals surface area contributed by atoms with E-state index in [0.717, 1.165) is 25.7 Å². The standard InChI is InChI=1S/C31H46O10/c1-9-11-12-13-14-15-21(33)38-25-23-22(19(5)24(25)39-27(34)17(3)10-2)26-31(37,30(8,36)28(35)40-26)18(4)16-29(23,7)41-20(6)32/h10,18,23-26,36-37H,9,11-16H2,1-8H3/b17-10-/t18-,23+,24-,25-,26-,29-,30+,31+/m0/s1. The van der Waals surface area contributed by atoms with Crippen molar-refractivity contribution < 1.29 is 48.3 Å². The first-order valence-corrected chi connectivity index (χ1v) is 14.7. The summed E-state index contributed by atoms with van der Waals surface area (Å²) in [5.41, 5.74) is -4.73. The lowest BCUT2D eigenvalue weighted by Gasteiger charge is -2.41. The minimum Gasteiger partial charge on any atom is -0.459 e. The number of esters is 4. The molecule has 41 heavy (non-hydrogen) atoms. The van der Waals surface area contributed by atoms with Crippen LogP contribution >= 0.6 is 0 Å². The highest BCUT2D eigenvalue weighted by atomic mass is 16.6. The molecule has 10 nitrogen and oxygen atoms in total. The SMILES string of the molecule is C/C=C(/C)C(=O)O[C@H]1C(C)=C2[C@H]([C@@H]1OC(=O)CCCCCCC)[C@@](C)(OC(C)=O)C[C@H](C)[C@@]1(O)[C@H]2OC(=O)[C@@]1(C)O. The molecule has 2 N–H and O–H groups in total. The van der Waals surface area contributed by atoms with Crippen LogP contribution in [0.4, 0.5) is 0 Å². The number of unbranched alkanes of at least 4 members (excludes halogenated alkanes) is 4. The zero-order chi connectivity index (χ0) is 30.9. The number of hydrogen-bond donors (Lipinski definition) is 2. The van der Waals surface area contributed by atoms with Gasteiger partial charge in [-0.25, -0.2) is 9.59 Å². The molecule has 2 fully saturated rings. The fourth-order valence-corrected chi connectivity index (χ4v) is 6.84. The first kappa shape index (κ1) is 32.8. The third kappa shape index (κ3) is 5.82. The maximum Gasteiger partial charge on any atom is 0.341 e. The topological polar surface area (TPSA) is 146 Å². The third-order valence-electron chi connectivity index (χ3n) is 9.17. The molecule has 0 bridgehead atoms.